The first-order valence-electron chi connectivity index (χ1n) is 9.13. The van der Waals surface area contributed by atoms with E-state index < -0.39 is 0 Å². The van der Waals surface area contributed by atoms with E-state index in [-0.39, 0.29) is 5.97 Å². The van der Waals surface area contributed by atoms with E-state index in [2.05, 4.69) is 30.1 Å². The van der Waals surface area contributed by atoms with Gasteiger partial charge in [0.05, 0.1) is 6.61 Å². The highest BCUT2D eigenvalue weighted by molar-refractivity contribution is 5.91. The Balaban J connectivity index is 1.91. The van der Waals surface area contributed by atoms with Gasteiger partial charge in [0.25, 0.3) is 0 Å². The van der Waals surface area contributed by atoms with Gasteiger partial charge >= 0.3 is 5.97 Å². The van der Waals surface area contributed by atoms with Crippen molar-refractivity contribution in [2.75, 3.05) is 6.61 Å². The molecule has 1 saturated carbocycles. The number of para-hydroxylation sites is 1. The largest absolute Gasteiger partial charge is 0.463 e. The van der Waals surface area contributed by atoms with E-state index in [0.29, 0.717) is 18.9 Å². The Hall–Kier alpha value is -2.03. The normalized spacial score (nSPS) is 16.5. The van der Waals surface area contributed by atoms with E-state index >= 15 is 0 Å². The van der Waals surface area contributed by atoms with Crippen molar-refractivity contribution in [1.29, 1.82) is 0 Å². The molecule has 3 heteroatoms. The van der Waals surface area contributed by atoms with Crippen LogP contribution in [0.15, 0.2) is 35.9 Å². The Kier molecular flexibility index (Phi) is 5.39. The van der Waals surface area contributed by atoms with Gasteiger partial charge < -0.3 is 9.72 Å². The van der Waals surface area contributed by atoms with E-state index in [1.54, 1.807) is 0 Å². The van der Waals surface area contributed by atoms with Crippen LogP contribution in [0.4, 0.5) is 0 Å². The van der Waals surface area contributed by atoms with E-state index in [1.165, 1.54) is 43.1 Å². The molecule has 0 spiro atoms. The molecule has 1 aromatic carbocycles. The van der Waals surface area contributed by atoms with Gasteiger partial charge in [-0.25, -0.2) is 4.79 Å². The average molecular weight is 325 g/mol. The number of hydrogen-bond donors (Lipinski definition) is 1. The molecular formula is C21H27NO2. The fraction of sp³-hybridized carbons (Fsp3) is 0.476. The van der Waals surface area contributed by atoms with Crippen molar-refractivity contribution in [2.24, 2.45) is 5.92 Å². The molecule has 1 fully saturated rings. The Bertz CT molecular complexity index is 735. The fourth-order valence-corrected chi connectivity index (χ4v) is 3.76. The summed E-state index contributed by atoms with van der Waals surface area (Å²) in [5, 5.41) is 1.20. The Morgan fingerprint density at radius 2 is 2.00 bits per heavy atom. The van der Waals surface area contributed by atoms with Crippen molar-refractivity contribution < 1.29 is 9.53 Å². The van der Waals surface area contributed by atoms with E-state index in [0.717, 1.165) is 16.8 Å². The van der Waals surface area contributed by atoms with Crippen LogP contribution < -0.4 is 0 Å². The molecule has 1 aliphatic rings. The van der Waals surface area contributed by atoms with Gasteiger partial charge in [-0.15, -0.1) is 0 Å². The number of fused-ring (bicyclic) bond motifs is 1. The van der Waals surface area contributed by atoms with Gasteiger partial charge in [-0.1, -0.05) is 43.5 Å². The number of aromatic amines is 1. The number of nitrogens with one attached hydrogen (secondary N) is 1. The molecule has 1 aromatic heterocycles. The number of aromatic nitrogens is 1. The number of hydrogen-bond acceptors (Lipinski definition) is 2. The summed E-state index contributed by atoms with van der Waals surface area (Å²) in [5.74, 6) is 0.358. The quantitative estimate of drug-likeness (QED) is 0.614. The van der Waals surface area contributed by atoms with Crippen LogP contribution in [0, 0.1) is 12.8 Å². The monoisotopic (exact) mass is 325 g/mol. The predicted octanol–water partition coefficient (Wildman–Crippen LogP) is 5.09. The smallest absolute Gasteiger partial charge is 0.334 e. The topological polar surface area (TPSA) is 42.1 Å². The minimum Gasteiger partial charge on any atom is -0.463 e. The van der Waals surface area contributed by atoms with Crippen LogP contribution in [0.25, 0.3) is 10.9 Å². The highest BCUT2D eigenvalue weighted by Crippen LogP contribution is 2.29. The molecule has 0 aliphatic heterocycles. The third kappa shape index (κ3) is 3.72. The van der Waals surface area contributed by atoms with Crippen molar-refractivity contribution in [3.05, 3.63) is 47.2 Å². The number of H-pyrrole nitrogens is 1. The summed E-state index contributed by atoms with van der Waals surface area (Å²) in [7, 11) is 0. The zero-order chi connectivity index (χ0) is 16.9. The number of allylic oxidation sites excluding steroid dienone is 1. The molecular weight excluding hydrogens is 298 g/mol. The first-order valence-corrected chi connectivity index (χ1v) is 9.13. The third-order valence-electron chi connectivity index (χ3n) is 5.02. The van der Waals surface area contributed by atoms with E-state index in [1.807, 2.05) is 19.1 Å². The highest BCUT2D eigenvalue weighted by Gasteiger charge is 2.19. The lowest BCUT2D eigenvalue weighted by atomic mass is 9.87. The number of esters is 1. The lowest BCUT2D eigenvalue weighted by Gasteiger charge is -2.19. The second-order valence-corrected chi connectivity index (χ2v) is 6.76. The minimum absolute atomic E-state index is 0.159. The first kappa shape index (κ1) is 16.8. The molecule has 0 atom stereocenters. The second-order valence-electron chi connectivity index (χ2n) is 6.76. The molecule has 0 amide bonds. The van der Waals surface area contributed by atoms with Crippen LogP contribution in [0.5, 0.6) is 0 Å². The van der Waals surface area contributed by atoms with Crippen molar-refractivity contribution in [1.82, 2.24) is 4.98 Å². The Morgan fingerprint density at radius 1 is 1.25 bits per heavy atom. The van der Waals surface area contributed by atoms with Gasteiger partial charge in [-0.05, 0) is 44.2 Å². The van der Waals surface area contributed by atoms with Gasteiger partial charge in [-0.3, -0.25) is 0 Å². The Morgan fingerprint density at radius 3 is 2.75 bits per heavy atom. The summed E-state index contributed by atoms with van der Waals surface area (Å²) in [6.45, 7) is 4.37. The number of carbonyl (C=O) groups excluding carboxylic acids is 1. The SMILES string of the molecule is CCOC(=O)/C(=C/C1CCCCC1)Cc1c(C)[nH]c2ccccc12. The first-order chi connectivity index (χ1) is 11.7. The molecule has 128 valence electrons. The molecule has 3 rings (SSSR count). The number of carbonyl (C=O) groups is 1. The van der Waals surface area contributed by atoms with Crippen molar-refractivity contribution in [3.8, 4) is 0 Å². The summed E-state index contributed by atoms with van der Waals surface area (Å²) in [6, 6.07) is 8.29. The molecule has 0 bridgehead atoms. The minimum atomic E-state index is -0.159. The third-order valence-corrected chi connectivity index (χ3v) is 5.02. The summed E-state index contributed by atoms with van der Waals surface area (Å²) in [4.78, 5) is 15.9. The van der Waals surface area contributed by atoms with Gasteiger partial charge in [0.2, 0.25) is 0 Å². The van der Waals surface area contributed by atoms with Gasteiger partial charge in [0, 0.05) is 28.6 Å². The molecule has 0 radical (unpaired) electrons. The van der Waals surface area contributed by atoms with E-state index in [9.17, 15) is 4.79 Å². The van der Waals surface area contributed by atoms with Crippen LogP contribution in [-0.4, -0.2) is 17.6 Å². The molecule has 1 aliphatic carbocycles. The van der Waals surface area contributed by atoms with Gasteiger partial charge in [0.15, 0.2) is 0 Å². The summed E-state index contributed by atoms with van der Waals surface area (Å²) in [5.41, 5.74) is 4.29. The number of benzene rings is 1. The van der Waals surface area contributed by atoms with Crippen molar-refractivity contribution in [2.45, 2.75) is 52.4 Å². The van der Waals surface area contributed by atoms with Crippen molar-refractivity contribution >= 4 is 16.9 Å². The maximum absolute atomic E-state index is 12.5. The second kappa shape index (κ2) is 7.69. The van der Waals surface area contributed by atoms with Crippen LogP contribution >= 0.6 is 0 Å². The maximum Gasteiger partial charge on any atom is 0.334 e. The van der Waals surface area contributed by atoms with Crippen molar-refractivity contribution in [3.63, 3.8) is 0 Å². The molecule has 0 saturated heterocycles. The molecule has 1 N–H and O–H groups in total. The number of aryl methyl sites for hydroxylation is 1. The maximum atomic E-state index is 12.5. The van der Waals surface area contributed by atoms with Crippen LogP contribution in [0.2, 0.25) is 0 Å². The fourth-order valence-electron chi connectivity index (χ4n) is 3.76. The van der Waals surface area contributed by atoms with E-state index in [4.69, 9.17) is 4.74 Å². The predicted molar refractivity (Wildman–Crippen MR) is 98.0 cm³/mol. The molecule has 1 heterocycles. The molecule has 0 unspecified atom stereocenters. The summed E-state index contributed by atoms with van der Waals surface area (Å²) in [6.07, 6.45) is 9.07. The molecule has 24 heavy (non-hydrogen) atoms. The zero-order valence-corrected chi connectivity index (χ0v) is 14.7. The lowest BCUT2D eigenvalue weighted by molar-refractivity contribution is -0.138. The van der Waals surface area contributed by atoms with Crippen LogP contribution in [0.1, 0.15) is 50.3 Å². The van der Waals surface area contributed by atoms with Crippen LogP contribution in [-0.2, 0) is 16.0 Å². The van der Waals surface area contributed by atoms with Crippen LogP contribution in [0.3, 0.4) is 0 Å². The Labute approximate surface area is 144 Å². The lowest BCUT2D eigenvalue weighted by Crippen LogP contribution is -2.13. The molecule has 3 nitrogen and oxygen atoms in total. The average Bonchev–Trinajstić information content (AvgIpc) is 2.91. The summed E-state index contributed by atoms with van der Waals surface area (Å²) >= 11 is 0. The molecule has 2 aromatic rings. The van der Waals surface area contributed by atoms with Gasteiger partial charge in [0.1, 0.15) is 0 Å². The summed E-state index contributed by atoms with van der Waals surface area (Å²) < 4.78 is 5.33. The number of rotatable bonds is 5. The highest BCUT2D eigenvalue weighted by atomic mass is 16.5. The van der Waals surface area contributed by atoms with Gasteiger partial charge in [-0.2, -0.15) is 0 Å². The number of ether oxygens (including phenoxy) is 1. The zero-order valence-electron chi connectivity index (χ0n) is 14.7. The standard InChI is InChI=1S/C21H27NO2/c1-3-24-21(23)17(13-16-9-5-4-6-10-16)14-19-15(2)22-20-12-8-7-11-18(19)20/h7-8,11-13,16,22H,3-6,9-10,14H2,1-2H3/b17-13+.